The van der Waals surface area contributed by atoms with Crippen LogP contribution in [0.5, 0.6) is 5.75 Å². The zero-order valence-electron chi connectivity index (χ0n) is 20.9. The van der Waals surface area contributed by atoms with Crippen molar-refractivity contribution in [3.05, 3.63) is 68.9 Å². The number of likely N-dealkylation sites (tertiary alicyclic amines) is 1. The van der Waals surface area contributed by atoms with Crippen LogP contribution in [0.4, 0.5) is 0 Å². The number of phenolic OH excluding ortho intramolecular Hbond substituents is 1. The van der Waals surface area contributed by atoms with Crippen LogP contribution in [-0.2, 0) is 16.1 Å². The van der Waals surface area contributed by atoms with Gasteiger partial charge < -0.3 is 15.3 Å². The minimum absolute atomic E-state index is 0.160. The summed E-state index contributed by atoms with van der Waals surface area (Å²) in [6, 6.07) is 10.8. The Morgan fingerprint density at radius 1 is 1.19 bits per heavy atom. The zero-order chi connectivity index (χ0) is 25.8. The van der Waals surface area contributed by atoms with E-state index in [1.54, 1.807) is 12.1 Å². The first-order valence-corrected chi connectivity index (χ1v) is 13.6. The van der Waals surface area contributed by atoms with Crippen LogP contribution >= 0.6 is 11.3 Å². The highest BCUT2D eigenvalue weighted by molar-refractivity contribution is 7.09. The SMILES string of the molecule is CCCC1=C([C@H](O)CC/C(C)=C/c2ccc(O)cc2)[C@H](CO)[C@@H]2C(=O)N(Cc3cccs3)C(=O)[C@@H]2C1. The van der Waals surface area contributed by atoms with Crippen molar-refractivity contribution in [3.63, 3.8) is 0 Å². The second-order valence-electron chi connectivity index (χ2n) is 9.91. The Morgan fingerprint density at radius 2 is 1.94 bits per heavy atom. The summed E-state index contributed by atoms with van der Waals surface area (Å²) in [6.07, 6.45) is 4.42. The van der Waals surface area contributed by atoms with Crippen molar-refractivity contribution in [1.29, 1.82) is 0 Å². The van der Waals surface area contributed by atoms with E-state index in [4.69, 9.17) is 0 Å². The first kappa shape index (κ1) is 26.3. The first-order valence-electron chi connectivity index (χ1n) is 12.7. The molecular formula is C29H35NO5S. The van der Waals surface area contributed by atoms with E-state index < -0.39 is 23.9 Å². The van der Waals surface area contributed by atoms with Gasteiger partial charge in [0.1, 0.15) is 5.75 Å². The number of rotatable bonds is 10. The van der Waals surface area contributed by atoms with Gasteiger partial charge in [-0.2, -0.15) is 0 Å². The third-order valence-electron chi connectivity index (χ3n) is 7.40. The fourth-order valence-corrected chi connectivity index (χ4v) is 6.42. The highest BCUT2D eigenvalue weighted by Crippen LogP contribution is 2.47. The number of phenols is 1. The van der Waals surface area contributed by atoms with Gasteiger partial charge in [-0.1, -0.05) is 48.8 Å². The highest BCUT2D eigenvalue weighted by Gasteiger charge is 2.54. The summed E-state index contributed by atoms with van der Waals surface area (Å²) in [6.45, 7) is 4.06. The number of allylic oxidation sites excluding steroid dienone is 2. The van der Waals surface area contributed by atoms with E-state index in [1.807, 2.05) is 42.6 Å². The molecule has 0 bridgehead atoms. The lowest BCUT2D eigenvalue weighted by Gasteiger charge is -2.36. The molecule has 1 fully saturated rings. The zero-order valence-corrected chi connectivity index (χ0v) is 21.7. The average molecular weight is 510 g/mol. The minimum Gasteiger partial charge on any atom is -0.508 e. The van der Waals surface area contributed by atoms with Crippen LogP contribution in [0, 0.1) is 17.8 Å². The summed E-state index contributed by atoms with van der Waals surface area (Å²) >= 11 is 1.51. The Hall–Kier alpha value is -2.74. The number of hydrogen-bond donors (Lipinski definition) is 3. The molecule has 36 heavy (non-hydrogen) atoms. The third kappa shape index (κ3) is 5.48. The number of benzene rings is 1. The Morgan fingerprint density at radius 3 is 2.58 bits per heavy atom. The molecule has 0 radical (unpaired) electrons. The molecule has 4 atom stereocenters. The topological polar surface area (TPSA) is 98.1 Å². The van der Waals surface area contributed by atoms with E-state index in [9.17, 15) is 24.9 Å². The molecule has 6 nitrogen and oxygen atoms in total. The van der Waals surface area contributed by atoms with Gasteiger partial charge in [0.15, 0.2) is 0 Å². The number of thiophene rings is 1. The Balaban J connectivity index is 1.54. The number of aliphatic hydroxyl groups excluding tert-OH is 2. The maximum Gasteiger partial charge on any atom is 0.234 e. The largest absolute Gasteiger partial charge is 0.508 e. The molecule has 1 aliphatic heterocycles. The number of fused-ring (bicyclic) bond motifs is 1. The van der Waals surface area contributed by atoms with Crippen LogP contribution in [0.3, 0.4) is 0 Å². The summed E-state index contributed by atoms with van der Waals surface area (Å²) in [5, 5.41) is 33.2. The van der Waals surface area contributed by atoms with Gasteiger partial charge in [-0.05, 0) is 67.3 Å². The Bertz CT molecular complexity index is 1130. The van der Waals surface area contributed by atoms with E-state index in [2.05, 4.69) is 6.92 Å². The van der Waals surface area contributed by atoms with Gasteiger partial charge in [-0.3, -0.25) is 14.5 Å². The molecule has 0 saturated carbocycles. The lowest BCUT2D eigenvalue weighted by atomic mass is 9.67. The van der Waals surface area contributed by atoms with Crippen LogP contribution < -0.4 is 0 Å². The number of aliphatic hydroxyl groups is 2. The van der Waals surface area contributed by atoms with Crippen molar-refractivity contribution < 1.29 is 24.9 Å². The Kier molecular flexibility index (Phi) is 8.44. The molecule has 3 N–H and O–H groups in total. The number of hydrogen-bond acceptors (Lipinski definition) is 6. The van der Waals surface area contributed by atoms with Crippen molar-refractivity contribution in [3.8, 4) is 5.75 Å². The monoisotopic (exact) mass is 509 g/mol. The molecule has 4 rings (SSSR count). The van der Waals surface area contributed by atoms with Gasteiger partial charge in [0.2, 0.25) is 11.8 Å². The first-order chi connectivity index (χ1) is 17.3. The molecule has 1 aromatic heterocycles. The second kappa shape index (κ2) is 11.5. The van der Waals surface area contributed by atoms with Gasteiger partial charge in [0.25, 0.3) is 0 Å². The van der Waals surface area contributed by atoms with Gasteiger partial charge >= 0.3 is 0 Å². The lowest BCUT2D eigenvalue weighted by molar-refractivity contribution is -0.140. The van der Waals surface area contributed by atoms with Gasteiger partial charge in [0.05, 0.1) is 31.1 Å². The number of aromatic hydroxyl groups is 1. The quantitative estimate of drug-likeness (QED) is 0.312. The molecule has 0 spiro atoms. The predicted octanol–water partition coefficient (Wildman–Crippen LogP) is 4.91. The van der Waals surface area contributed by atoms with Crippen molar-refractivity contribution in [2.24, 2.45) is 17.8 Å². The molecule has 2 heterocycles. The van der Waals surface area contributed by atoms with Crippen molar-refractivity contribution >= 4 is 29.2 Å². The molecule has 1 aliphatic carbocycles. The molecule has 7 heteroatoms. The van der Waals surface area contributed by atoms with Gasteiger partial charge in [-0.25, -0.2) is 0 Å². The second-order valence-corrected chi connectivity index (χ2v) is 10.9. The summed E-state index contributed by atoms with van der Waals surface area (Å²) < 4.78 is 0. The van der Waals surface area contributed by atoms with E-state index in [-0.39, 0.29) is 30.7 Å². The molecule has 1 saturated heterocycles. The smallest absolute Gasteiger partial charge is 0.234 e. The van der Waals surface area contributed by atoms with E-state index in [0.29, 0.717) is 19.3 Å². The molecule has 2 amide bonds. The molecule has 2 aliphatic rings. The number of carbonyl (C=O) groups excluding carboxylic acids is 2. The molecule has 2 aromatic rings. The minimum atomic E-state index is -0.790. The molecule has 0 unspecified atom stereocenters. The van der Waals surface area contributed by atoms with Crippen molar-refractivity contribution in [1.82, 2.24) is 4.90 Å². The third-order valence-corrected chi connectivity index (χ3v) is 8.26. The fraction of sp³-hybridized carbons (Fsp3) is 0.448. The predicted molar refractivity (Wildman–Crippen MR) is 141 cm³/mol. The number of nitrogens with zero attached hydrogens (tertiary/aromatic N) is 1. The van der Waals surface area contributed by atoms with Gasteiger partial charge in [0, 0.05) is 10.8 Å². The lowest BCUT2D eigenvalue weighted by Crippen LogP contribution is -2.39. The maximum atomic E-state index is 13.4. The normalized spacial score (nSPS) is 23.4. The van der Waals surface area contributed by atoms with Crippen LogP contribution in [0.2, 0.25) is 0 Å². The summed E-state index contributed by atoms with van der Waals surface area (Å²) in [4.78, 5) is 29.0. The van der Waals surface area contributed by atoms with Crippen molar-refractivity contribution in [2.45, 2.75) is 58.6 Å². The molecule has 192 valence electrons. The van der Waals surface area contributed by atoms with Gasteiger partial charge in [-0.15, -0.1) is 11.3 Å². The van der Waals surface area contributed by atoms with Crippen molar-refractivity contribution in [2.75, 3.05) is 6.61 Å². The van der Waals surface area contributed by atoms with Crippen LogP contribution in [0.1, 0.15) is 56.4 Å². The summed E-state index contributed by atoms with van der Waals surface area (Å²) in [7, 11) is 0. The van der Waals surface area contributed by atoms with Crippen LogP contribution in [0.15, 0.2) is 58.5 Å². The number of carbonyl (C=O) groups is 2. The maximum absolute atomic E-state index is 13.4. The fourth-order valence-electron chi connectivity index (χ4n) is 5.72. The van der Waals surface area contributed by atoms with E-state index >= 15 is 0 Å². The average Bonchev–Trinajstić information content (AvgIpc) is 3.46. The molecular weight excluding hydrogens is 474 g/mol. The van der Waals surface area contributed by atoms with E-state index in [0.717, 1.165) is 40.0 Å². The molecule has 1 aromatic carbocycles. The summed E-state index contributed by atoms with van der Waals surface area (Å²) in [5.41, 5.74) is 3.84. The van der Waals surface area contributed by atoms with Crippen LogP contribution in [0.25, 0.3) is 6.08 Å². The number of imide groups is 1. The number of amides is 2. The summed E-state index contributed by atoms with van der Waals surface area (Å²) in [5.74, 6) is -1.82. The Labute approximate surface area is 216 Å². The highest BCUT2D eigenvalue weighted by atomic mass is 32.1. The van der Waals surface area contributed by atoms with Crippen LogP contribution in [-0.4, -0.2) is 44.7 Å². The van der Waals surface area contributed by atoms with E-state index in [1.165, 1.54) is 16.2 Å². The standard InChI is InChI=1S/C29H35NO5S/c1-3-5-20-15-23-27(29(35)30(28(23)34)16-22-6-4-13-36-22)24(17-31)26(20)25(33)12-7-18(2)14-19-8-10-21(32)11-9-19/h4,6,8-11,13-14,23-25,27,31-33H,3,5,7,12,15-17H2,1-2H3/b18-14+/t23-,24+,25-,27-/m1/s1.